The molecule has 0 heterocycles. The lowest BCUT2D eigenvalue weighted by molar-refractivity contribution is 0.415. The Balaban J connectivity index is 3.27. The molecule has 0 N–H and O–H groups in total. The molecule has 0 aliphatic heterocycles. The lowest BCUT2D eigenvalue weighted by Gasteiger charge is -2.02. The van der Waals surface area contributed by atoms with Crippen LogP contribution in [0.5, 0.6) is 5.75 Å². The highest BCUT2D eigenvalue weighted by Gasteiger charge is 2.08. The summed E-state index contributed by atoms with van der Waals surface area (Å²) in [6.07, 6.45) is 0. The van der Waals surface area contributed by atoms with Gasteiger partial charge in [0.05, 0.1) is 17.2 Å². The molecule has 0 amide bonds. The van der Waals surface area contributed by atoms with Crippen LogP contribution in [-0.4, -0.2) is 7.11 Å². The zero-order valence-corrected chi connectivity index (χ0v) is 7.69. The Kier molecular flexibility index (Phi) is 2.89. The van der Waals surface area contributed by atoms with Crippen LogP contribution in [0.2, 0.25) is 10.0 Å². The fourth-order valence-corrected chi connectivity index (χ4v) is 1.28. The van der Waals surface area contributed by atoms with Gasteiger partial charge in [0, 0.05) is 12.1 Å². The Labute approximate surface area is 79.2 Å². The molecule has 0 saturated heterocycles. The van der Waals surface area contributed by atoms with E-state index in [1.54, 1.807) is 0 Å². The highest BCUT2D eigenvalue weighted by Crippen LogP contribution is 2.36. The highest BCUT2D eigenvalue weighted by molar-refractivity contribution is 6.38. The first-order chi connectivity index (χ1) is 5.69. The molecule has 64 valence electrons. The fraction of sp³-hybridized carbons (Fsp3) is 0.143. The second-order valence-electron chi connectivity index (χ2n) is 2.03. The van der Waals surface area contributed by atoms with Crippen LogP contribution in [0.1, 0.15) is 0 Å². The van der Waals surface area contributed by atoms with Crippen molar-refractivity contribution in [1.29, 1.82) is 0 Å². The van der Waals surface area contributed by atoms with Gasteiger partial charge in [-0.1, -0.05) is 23.2 Å². The number of benzene rings is 1. The lowest BCUT2D eigenvalue weighted by Crippen LogP contribution is -1.82. The second-order valence-corrected chi connectivity index (χ2v) is 2.85. The number of ether oxygens (including phenoxy) is 1. The van der Waals surface area contributed by atoms with Gasteiger partial charge >= 0.3 is 0 Å². The van der Waals surface area contributed by atoms with Crippen LogP contribution in [0.4, 0.5) is 5.69 Å². The van der Waals surface area contributed by atoms with Gasteiger partial charge in [-0.25, -0.2) is 0 Å². The Morgan fingerprint density at radius 3 is 2.17 bits per heavy atom. The van der Waals surface area contributed by atoms with Gasteiger partial charge in [0.25, 0.3) is 0 Å². The molecular formula is C7H5Cl2NO2. The van der Waals surface area contributed by atoms with Gasteiger partial charge in [0.1, 0.15) is 11.4 Å². The molecular weight excluding hydrogens is 201 g/mol. The third-order valence-corrected chi connectivity index (χ3v) is 1.89. The number of hydrogen-bond acceptors (Lipinski definition) is 3. The molecule has 0 aromatic heterocycles. The number of halogens is 2. The monoisotopic (exact) mass is 205 g/mol. The summed E-state index contributed by atoms with van der Waals surface area (Å²) in [6.45, 7) is 0. The summed E-state index contributed by atoms with van der Waals surface area (Å²) in [6, 6.07) is 2.95. The molecule has 1 aromatic carbocycles. The van der Waals surface area contributed by atoms with Crippen molar-refractivity contribution in [3.8, 4) is 5.75 Å². The van der Waals surface area contributed by atoms with Crippen LogP contribution < -0.4 is 4.74 Å². The maximum atomic E-state index is 10.2. The van der Waals surface area contributed by atoms with Crippen molar-refractivity contribution < 1.29 is 4.74 Å². The Morgan fingerprint density at radius 2 is 1.83 bits per heavy atom. The zero-order valence-electron chi connectivity index (χ0n) is 6.17. The molecule has 1 aromatic rings. The number of nitroso groups, excluding NO2 is 1. The van der Waals surface area contributed by atoms with Crippen molar-refractivity contribution in [3.63, 3.8) is 0 Å². The van der Waals surface area contributed by atoms with Gasteiger partial charge in [-0.15, -0.1) is 4.91 Å². The van der Waals surface area contributed by atoms with Crippen LogP contribution in [0.3, 0.4) is 0 Å². The van der Waals surface area contributed by atoms with Crippen molar-refractivity contribution in [2.45, 2.75) is 0 Å². The lowest BCUT2D eigenvalue weighted by atomic mass is 10.3. The van der Waals surface area contributed by atoms with Gasteiger partial charge in [0.2, 0.25) is 0 Å². The van der Waals surface area contributed by atoms with E-state index in [1.165, 1.54) is 19.2 Å². The maximum Gasteiger partial charge on any atom is 0.145 e. The van der Waals surface area contributed by atoms with Crippen LogP contribution in [0.25, 0.3) is 0 Å². The first-order valence-electron chi connectivity index (χ1n) is 3.05. The van der Waals surface area contributed by atoms with Crippen LogP contribution in [-0.2, 0) is 0 Å². The van der Waals surface area contributed by atoms with E-state index in [-0.39, 0.29) is 15.7 Å². The van der Waals surface area contributed by atoms with Crippen LogP contribution in [0, 0.1) is 4.91 Å². The summed E-state index contributed by atoms with van der Waals surface area (Å²) in [5.74, 6) is 0.498. The first-order valence-corrected chi connectivity index (χ1v) is 3.81. The molecule has 12 heavy (non-hydrogen) atoms. The SMILES string of the molecule is COc1cc(Cl)c(N=O)c(Cl)c1. The maximum absolute atomic E-state index is 10.2. The molecule has 0 spiro atoms. The minimum Gasteiger partial charge on any atom is -0.497 e. The molecule has 5 heteroatoms. The van der Waals surface area contributed by atoms with E-state index in [1.807, 2.05) is 0 Å². The average Bonchev–Trinajstić information content (AvgIpc) is 2.03. The van der Waals surface area contributed by atoms with E-state index in [0.717, 1.165) is 0 Å². The Hall–Kier alpha value is -0.800. The molecule has 3 nitrogen and oxygen atoms in total. The van der Waals surface area contributed by atoms with E-state index in [0.29, 0.717) is 5.75 Å². The summed E-state index contributed by atoms with van der Waals surface area (Å²) in [5.41, 5.74) is 0.0409. The van der Waals surface area contributed by atoms with Crippen molar-refractivity contribution in [1.82, 2.24) is 0 Å². The highest BCUT2D eigenvalue weighted by atomic mass is 35.5. The molecule has 0 bridgehead atoms. The number of rotatable bonds is 2. The van der Waals surface area contributed by atoms with Crippen LogP contribution in [0.15, 0.2) is 17.3 Å². The molecule has 0 aliphatic rings. The summed E-state index contributed by atoms with van der Waals surface area (Å²) in [5, 5.41) is 3.05. The van der Waals surface area contributed by atoms with Crippen molar-refractivity contribution >= 4 is 28.9 Å². The normalized spacial score (nSPS) is 9.58. The molecule has 0 saturated carbocycles. The largest absolute Gasteiger partial charge is 0.497 e. The van der Waals surface area contributed by atoms with Crippen LogP contribution >= 0.6 is 23.2 Å². The van der Waals surface area contributed by atoms with Crippen molar-refractivity contribution in [2.75, 3.05) is 7.11 Å². The summed E-state index contributed by atoms with van der Waals surface area (Å²) < 4.78 is 4.86. The van der Waals surface area contributed by atoms with E-state index in [4.69, 9.17) is 27.9 Å². The Morgan fingerprint density at radius 1 is 1.33 bits per heavy atom. The van der Waals surface area contributed by atoms with E-state index >= 15 is 0 Å². The van der Waals surface area contributed by atoms with Crippen molar-refractivity contribution in [3.05, 3.63) is 27.1 Å². The van der Waals surface area contributed by atoms with E-state index < -0.39 is 0 Å². The first kappa shape index (κ1) is 9.29. The molecule has 0 radical (unpaired) electrons. The summed E-state index contributed by atoms with van der Waals surface area (Å²) in [4.78, 5) is 10.2. The number of hydrogen-bond donors (Lipinski definition) is 0. The number of methoxy groups -OCH3 is 1. The molecule has 0 atom stereocenters. The molecule has 1 rings (SSSR count). The minimum atomic E-state index is 0.0409. The third-order valence-electron chi connectivity index (χ3n) is 1.32. The quantitative estimate of drug-likeness (QED) is 0.695. The second kappa shape index (κ2) is 3.74. The van der Waals surface area contributed by atoms with E-state index in [9.17, 15) is 4.91 Å². The fourth-order valence-electron chi connectivity index (χ4n) is 0.747. The topological polar surface area (TPSA) is 38.7 Å². The Bertz CT molecular complexity index is 291. The smallest absolute Gasteiger partial charge is 0.145 e. The van der Waals surface area contributed by atoms with E-state index in [2.05, 4.69) is 5.18 Å². The predicted octanol–water partition coefficient (Wildman–Crippen LogP) is 3.40. The standard InChI is InChI=1S/C7H5Cl2NO2/c1-12-4-2-5(8)7(10-11)6(9)3-4/h2-3H,1H3. The van der Waals surface area contributed by atoms with Gasteiger partial charge in [-0.3, -0.25) is 0 Å². The number of nitrogens with zero attached hydrogens (tertiary/aromatic N) is 1. The van der Waals surface area contributed by atoms with Crippen molar-refractivity contribution in [2.24, 2.45) is 5.18 Å². The minimum absolute atomic E-state index is 0.0409. The molecule has 0 aliphatic carbocycles. The zero-order chi connectivity index (χ0) is 9.14. The molecule has 0 fully saturated rings. The van der Waals surface area contributed by atoms with Gasteiger partial charge in [-0.2, -0.15) is 0 Å². The predicted molar refractivity (Wildman–Crippen MR) is 48.5 cm³/mol. The molecule has 0 unspecified atom stereocenters. The average molecular weight is 206 g/mol. The van der Waals surface area contributed by atoms with Gasteiger partial charge < -0.3 is 4.74 Å². The summed E-state index contributed by atoms with van der Waals surface area (Å²) in [7, 11) is 1.48. The summed E-state index contributed by atoms with van der Waals surface area (Å²) >= 11 is 11.3. The van der Waals surface area contributed by atoms with Gasteiger partial charge in [0.15, 0.2) is 0 Å². The van der Waals surface area contributed by atoms with Gasteiger partial charge in [-0.05, 0) is 5.18 Å². The third kappa shape index (κ3) is 1.68.